The molecule has 0 aliphatic heterocycles. The first-order chi connectivity index (χ1) is 9.72. The van der Waals surface area contributed by atoms with Crippen molar-refractivity contribution in [3.63, 3.8) is 0 Å². The van der Waals surface area contributed by atoms with Crippen LogP contribution in [0.15, 0.2) is 18.2 Å². The van der Waals surface area contributed by atoms with Gasteiger partial charge in [-0.3, -0.25) is 9.69 Å². The van der Waals surface area contributed by atoms with Gasteiger partial charge in [-0.25, -0.2) is 0 Å². The van der Waals surface area contributed by atoms with Gasteiger partial charge in [-0.1, -0.05) is 25.4 Å². The molecule has 1 unspecified atom stereocenters. The van der Waals surface area contributed by atoms with E-state index in [-0.39, 0.29) is 11.9 Å². The number of carbonyl (C=O) groups excluding carboxylic acids is 1. The van der Waals surface area contributed by atoms with Crippen molar-refractivity contribution < 1.29 is 4.79 Å². The van der Waals surface area contributed by atoms with Crippen LogP contribution in [0.25, 0.3) is 0 Å². The average molecular weight is 312 g/mol. The second-order valence-electron chi connectivity index (χ2n) is 6.09. The van der Waals surface area contributed by atoms with Crippen molar-refractivity contribution in [2.75, 3.05) is 17.6 Å². The first-order valence-electron chi connectivity index (χ1n) is 7.34. The minimum atomic E-state index is -0.204. The molecule has 21 heavy (non-hydrogen) atoms. The standard InChI is InChI=1S/C16H26ClN3O/c1-10(2)9-20(11(3)4)12(5)16(21)19-13-6-7-14(17)15(18)8-13/h6-8,10-12H,9,18H2,1-5H3,(H,19,21). The fourth-order valence-electron chi connectivity index (χ4n) is 2.26. The van der Waals surface area contributed by atoms with Crippen LogP contribution in [0.4, 0.5) is 11.4 Å². The number of halogens is 1. The predicted octanol–water partition coefficient (Wildman–Crippen LogP) is 3.62. The summed E-state index contributed by atoms with van der Waals surface area (Å²) in [5.41, 5.74) is 6.88. The Morgan fingerprint density at radius 2 is 1.90 bits per heavy atom. The number of anilines is 2. The van der Waals surface area contributed by atoms with E-state index in [1.807, 2.05) is 6.92 Å². The molecule has 0 heterocycles. The molecule has 0 saturated carbocycles. The zero-order valence-electron chi connectivity index (χ0n) is 13.5. The zero-order chi connectivity index (χ0) is 16.2. The van der Waals surface area contributed by atoms with Gasteiger partial charge in [0.1, 0.15) is 0 Å². The van der Waals surface area contributed by atoms with Crippen LogP contribution in [0.5, 0.6) is 0 Å². The molecule has 1 rings (SSSR count). The molecule has 1 atom stereocenters. The van der Waals surface area contributed by atoms with Crippen LogP contribution in [-0.2, 0) is 4.79 Å². The lowest BCUT2D eigenvalue weighted by Gasteiger charge is -2.33. The van der Waals surface area contributed by atoms with E-state index in [1.165, 1.54) is 0 Å². The Morgan fingerprint density at radius 1 is 1.29 bits per heavy atom. The molecule has 1 aromatic carbocycles. The number of nitrogens with one attached hydrogen (secondary N) is 1. The Kier molecular flexibility index (Phi) is 6.49. The highest BCUT2D eigenvalue weighted by molar-refractivity contribution is 6.33. The van der Waals surface area contributed by atoms with Crippen molar-refractivity contribution in [3.8, 4) is 0 Å². The minimum absolute atomic E-state index is 0.0360. The van der Waals surface area contributed by atoms with Crippen molar-refractivity contribution in [2.24, 2.45) is 5.92 Å². The molecule has 1 aromatic rings. The number of hydrogen-bond acceptors (Lipinski definition) is 3. The van der Waals surface area contributed by atoms with Crippen LogP contribution in [-0.4, -0.2) is 29.4 Å². The minimum Gasteiger partial charge on any atom is -0.397 e. The maximum Gasteiger partial charge on any atom is 0.241 e. The summed E-state index contributed by atoms with van der Waals surface area (Å²) in [6.45, 7) is 11.3. The number of benzene rings is 1. The molecule has 0 aliphatic carbocycles. The topological polar surface area (TPSA) is 58.4 Å². The molecule has 0 fully saturated rings. The lowest BCUT2D eigenvalue weighted by molar-refractivity contribution is -0.121. The molecule has 3 N–H and O–H groups in total. The summed E-state index contributed by atoms with van der Waals surface area (Å²) in [6.07, 6.45) is 0. The van der Waals surface area contributed by atoms with Gasteiger partial charge < -0.3 is 11.1 Å². The van der Waals surface area contributed by atoms with Crippen molar-refractivity contribution in [1.82, 2.24) is 4.90 Å². The number of nitrogens with zero attached hydrogens (tertiary/aromatic N) is 1. The summed E-state index contributed by atoms with van der Waals surface area (Å²) in [5.74, 6) is 0.472. The summed E-state index contributed by atoms with van der Waals surface area (Å²) in [5, 5.41) is 3.39. The van der Waals surface area contributed by atoms with E-state index in [9.17, 15) is 4.79 Å². The summed E-state index contributed by atoms with van der Waals surface area (Å²) < 4.78 is 0. The molecule has 0 aromatic heterocycles. The molecule has 5 heteroatoms. The van der Waals surface area contributed by atoms with Gasteiger partial charge in [0.2, 0.25) is 5.91 Å². The summed E-state index contributed by atoms with van der Waals surface area (Å²) in [6, 6.07) is 5.22. The maximum absolute atomic E-state index is 12.4. The van der Waals surface area contributed by atoms with Crippen molar-refractivity contribution in [2.45, 2.75) is 46.7 Å². The molecule has 118 valence electrons. The lowest BCUT2D eigenvalue weighted by Crippen LogP contribution is -2.47. The first kappa shape index (κ1) is 17.8. The van der Waals surface area contributed by atoms with E-state index < -0.39 is 0 Å². The van der Waals surface area contributed by atoms with Crippen molar-refractivity contribution in [3.05, 3.63) is 23.2 Å². The highest BCUT2D eigenvalue weighted by Gasteiger charge is 2.24. The van der Waals surface area contributed by atoms with E-state index in [0.29, 0.717) is 28.4 Å². The van der Waals surface area contributed by atoms with Gasteiger partial charge in [0.05, 0.1) is 16.8 Å². The first-order valence-corrected chi connectivity index (χ1v) is 7.71. The van der Waals surface area contributed by atoms with Gasteiger partial charge in [-0.2, -0.15) is 0 Å². The molecular formula is C16H26ClN3O. The number of rotatable bonds is 6. The highest BCUT2D eigenvalue weighted by atomic mass is 35.5. The number of carbonyl (C=O) groups is 1. The van der Waals surface area contributed by atoms with Gasteiger partial charge in [-0.05, 0) is 44.9 Å². The summed E-state index contributed by atoms with van der Waals surface area (Å²) in [4.78, 5) is 14.6. The third-order valence-corrected chi connectivity index (χ3v) is 3.72. The van der Waals surface area contributed by atoms with Gasteiger partial charge in [0.25, 0.3) is 0 Å². The zero-order valence-corrected chi connectivity index (χ0v) is 14.2. The van der Waals surface area contributed by atoms with Crippen LogP contribution in [0, 0.1) is 5.92 Å². The molecule has 4 nitrogen and oxygen atoms in total. The number of amides is 1. The molecule has 1 amide bonds. The fourth-order valence-corrected chi connectivity index (χ4v) is 2.37. The Balaban J connectivity index is 2.78. The van der Waals surface area contributed by atoms with E-state index in [2.05, 4.69) is 37.9 Å². The Hall–Kier alpha value is -1.26. The second-order valence-corrected chi connectivity index (χ2v) is 6.49. The van der Waals surface area contributed by atoms with Crippen molar-refractivity contribution in [1.29, 1.82) is 0 Å². The van der Waals surface area contributed by atoms with E-state index in [0.717, 1.165) is 6.54 Å². The second kappa shape index (κ2) is 7.66. The van der Waals surface area contributed by atoms with E-state index in [4.69, 9.17) is 17.3 Å². The predicted molar refractivity (Wildman–Crippen MR) is 90.6 cm³/mol. The van der Waals surface area contributed by atoms with E-state index in [1.54, 1.807) is 18.2 Å². The normalized spacial score (nSPS) is 13.0. The van der Waals surface area contributed by atoms with Gasteiger partial charge in [-0.15, -0.1) is 0 Å². The number of nitrogens with two attached hydrogens (primary N) is 1. The van der Waals surface area contributed by atoms with Crippen molar-refractivity contribution >= 4 is 28.9 Å². The molecule has 0 aliphatic rings. The lowest BCUT2D eigenvalue weighted by atomic mass is 10.1. The fraction of sp³-hybridized carbons (Fsp3) is 0.562. The van der Waals surface area contributed by atoms with Gasteiger partial charge >= 0.3 is 0 Å². The molecular weight excluding hydrogens is 286 g/mol. The third kappa shape index (κ3) is 5.21. The summed E-state index contributed by atoms with van der Waals surface area (Å²) >= 11 is 5.88. The largest absolute Gasteiger partial charge is 0.397 e. The Bertz CT molecular complexity index is 488. The molecule has 0 radical (unpaired) electrons. The summed E-state index contributed by atoms with van der Waals surface area (Å²) in [7, 11) is 0. The van der Waals surface area contributed by atoms with Crippen LogP contribution >= 0.6 is 11.6 Å². The molecule has 0 saturated heterocycles. The average Bonchev–Trinajstić information content (AvgIpc) is 2.39. The van der Waals surface area contributed by atoms with Crippen LogP contribution in [0.2, 0.25) is 5.02 Å². The van der Waals surface area contributed by atoms with Crippen LogP contribution < -0.4 is 11.1 Å². The smallest absolute Gasteiger partial charge is 0.241 e. The number of nitrogen functional groups attached to an aromatic ring is 1. The van der Waals surface area contributed by atoms with Gasteiger partial charge in [0, 0.05) is 18.3 Å². The quantitative estimate of drug-likeness (QED) is 0.789. The molecule has 0 bridgehead atoms. The van der Waals surface area contributed by atoms with Gasteiger partial charge in [0.15, 0.2) is 0 Å². The third-order valence-electron chi connectivity index (χ3n) is 3.38. The highest BCUT2D eigenvalue weighted by Crippen LogP contribution is 2.22. The van der Waals surface area contributed by atoms with Crippen LogP contribution in [0.1, 0.15) is 34.6 Å². The maximum atomic E-state index is 12.4. The van der Waals surface area contributed by atoms with Crippen LogP contribution in [0.3, 0.4) is 0 Å². The Morgan fingerprint density at radius 3 is 2.38 bits per heavy atom. The Labute approximate surface area is 132 Å². The molecule has 0 spiro atoms. The monoisotopic (exact) mass is 311 g/mol. The number of hydrogen-bond donors (Lipinski definition) is 2. The SMILES string of the molecule is CC(C)CN(C(C)C)C(C)C(=O)Nc1ccc(Cl)c(N)c1. The van der Waals surface area contributed by atoms with E-state index >= 15 is 0 Å².